The number of fused-ring (bicyclic) bond motifs is 3. The summed E-state index contributed by atoms with van der Waals surface area (Å²) in [6, 6.07) is 11.5. The number of rotatable bonds is 4. The second-order valence-electron chi connectivity index (χ2n) is 6.54. The quantitative estimate of drug-likeness (QED) is 0.556. The third-order valence-corrected chi connectivity index (χ3v) is 4.55. The lowest BCUT2D eigenvalue weighted by Crippen LogP contribution is -2.48. The summed E-state index contributed by atoms with van der Waals surface area (Å²) in [6.45, 7) is 1.43. The van der Waals surface area contributed by atoms with E-state index in [0.717, 1.165) is 0 Å². The van der Waals surface area contributed by atoms with Gasteiger partial charge in [-0.2, -0.15) is 4.52 Å². The third kappa shape index (κ3) is 2.64. The van der Waals surface area contributed by atoms with Crippen LogP contribution in [-0.4, -0.2) is 32.6 Å². The van der Waals surface area contributed by atoms with Gasteiger partial charge in [-0.3, -0.25) is 4.79 Å². The molecule has 0 spiro atoms. The molecule has 0 bridgehead atoms. The molecule has 0 aliphatic carbocycles. The van der Waals surface area contributed by atoms with E-state index < -0.39 is 17.3 Å². The van der Waals surface area contributed by atoms with E-state index in [0.29, 0.717) is 22.7 Å². The fourth-order valence-electron chi connectivity index (χ4n) is 2.94. The van der Waals surface area contributed by atoms with Crippen molar-refractivity contribution in [3.63, 3.8) is 0 Å². The molecule has 142 valence electrons. The molecule has 0 unspecified atom stereocenters. The van der Waals surface area contributed by atoms with Gasteiger partial charge in [-0.1, -0.05) is 18.2 Å². The summed E-state index contributed by atoms with van der Waals surface area (Å²) in [4.78, 5) is 20.8. The zero-order valence-corrected chi connectivity index (χ0v) is 15.2. The van der Waals surface area contributed by atoms with Crippen molar-refractivity contribution in [2.75, 3.05) is 7.11 Å². The highest BCUT2D eigenvalue weighted by Gasteiger charge is 2.34. The Balaban J connectivity index is 2.10. The van der Waals surface area contributed by atoms with E-state index in [9.17, 15) is 9.18 Å². The van der Waals surface area contributed by atoms with Crippen molar-refractivity contribution < 1.29 is 13.9 Å². The highest BCUT2D eigenvalue weighted by molar-refractivity contribution is 5.93. The zero-order chi connectivity index (χ0) is 20.1. The molecule has 2 heterocycles. The molecule has 0 fully saturated rings. The van der Waals surface area contributed by atoms with Crippen LogP contribution in [0.25, 0.3) is 27.9 Å². The Morgan fingerprint density at radius 1 is 1.21 bits per heavy atom. The van der Waals surface area contributed by atoms with Crippen LogP contribution in [0.2, 0.25) is 0 Å². The summed E-state index contributed by atoms with van der Waals surface area (Å²) in [6.07, 6.45) is 0. The first-order valence-corrected chi connectivity index (χ1v) is 8.41. The largest absolute Gasteiger partial charge is 0.497 e. The maximum Gasteiger partial charge on any atom is 0.245 e. The van der Waals surface area contributed by atoms with Gasteiger partial charge in [0.2, 0.25) is 5.91 Å². The molecule has 0 saturated carbocycles. The monoisotopic (exact) mass is 380 g/mol. The molecule has 4 aromatic rings. The number of halogens is 1. The zero-order valence-electron chi connectivity index (χ0n) is 15.2. The van der Waals surface area contributed by atoms with Gasteiger partial charge in [0.1, 0.15) is 11.6 Å². The van der Waals surface area contributed by atoms with Gasteiger partial charge in [-0.05, 0) is 31.2 Å². The van der Waals surface area contributed by atoms with E-state index in [1.54, 1.807) is 37.4 Å². The van der Waals surface area contributed by atoms with Crippen LogP contribution in [0.5, 0.6) is 5.75 Å². The van der Waals surface area contributed by atoms with E-state index in [2.05, 4.69) is 15.1 Å². The lowest BCUT2D eigenvalue weighted by atomic mass is 10.0. The number of benzene rings is 2. The van der Waals surface area contributed by atoms with Crippen molar-refractivity contribution in [1.82, 2.24) is 19.6 Å². The van der Waals surface area contributed by atoms with Crippen LogP contribution < -0.4 is 16.2 Å². The molecule has 0 aliphatic heterocycles. The van der Waals surface area contributed by atoms with E-state index in [4.69, 9.17) is 16.2 Å². The number of carbonyl (C=O) groups excluding carboxylic acids is 1. The van der Waals surface area contributed by atoms with Crippen LogP contribution in [0.1, 0.15) is 12.7 Å². The first kappa shape index (κ1) is 17.8. The van der Waals surface area contributed by atoms with Crippen molar-refractivity contribution in [2.45, 2.75) is 12.5 Å². The summed E-state index contributed by atoms with van der Waals surface area (Å²) < 4.78 is 21.1. The maximum atomic E-state index is 14.6. The first-order valence-electron chi connectivity index (χ1n) is 8.41. The molecule has 4 rings (SSSR count). The van der Waals surface area contributed by atoms with Crippen molar-refractivity contribution in [3.8, 4) is 17.1 Å². The van der Waals surface area contributed by atoms with Crippen molar-refractivity contribution in [1.29, 1.82) is 0 Å². The van der Waals surface area contributed by atoms with Gasteiger partial charge in [0.15, 0.2) is 22.8 Å². The van der Waals surface area contributed by atoms with Gasteiger partial charge in [-0.15, -0.1) is 5.10 Å². The molecule has 2 aromatic carbocycles. The molecule has 0 radical (unpaired) electrons. The molecule has 4 N–H and O–H groups in total. The molecule has 1 amide bonds. The number of carbonyl (C=O) groups is 1. The summed E-state index contributed by atoms with van der Waals surface area (Å²) in [7, 11) is 1.55. The van der Waals surface area contributed by atoms with E-state index >= 15 is 0 Å². The second kappa shape index (κ2) is 6.24. The van der Waals surface area contributed by atoms with Gasteiger partial charge in [0.05, 0.1) is 18.0 Å². The molecule has 0 aliphatic rings. The Bertz CT molecular complexity index is 1230. The summed E-state index contributed by atoms with van der Waals surface area (Å²) >= 11 is 0. The number of amides is 1. The predicted octanol–water partition coefficient (Wildman–Crippen LogP) is 1.75. The van der Waals surface area contributed by atoms with Crippen LogP contribution in [0, 0.1) is 5.82 Å². The average molecular weight is 380 g/mol. The topological polar surface area (TPSA) is 121 Å². The Morgan fingerprint density at radius 2 is 1.96 bits per heavy atom. The third-order valence-electron chi connectivity index (χ3n) is 4.55. The van der Waals surface area contributed by atoms with Crippen molar-refractivity contribution >= 4 is 22.5 Å². The number of nitrogens with two attached hydrogens (primary N) is 2. The molecule has 0 saturated heterocycles. The number of hydrogen-bond acceptors (Lipinski definition) is 6. The molecular weight excluding hydrogens is 363 g/mol. The highest BCUT2D eigenvalue weighted by atomic mass is 19.1. The minimum absolute atomic E-state index is 0.0646. The predicted molar refractivity (Wildman–Crippen MR) is 101 cm³/mol. The Kier molecular flexibility index (Phi) is 3.97. The molecule has 1 atom stereocenters. The highest BCUT2D eigenvalue weighted by Crippen LogP contribution is 2.28. The second-order valence-corrected chi connectivity index (χ2v) is 6.54. The number of primary amides is 1. The SMILES string of the molecule is COc1cccc(-c2nc3c4c(F)cccc4nc([C@](C)(N)C(N)=O)n3n2)c1. The van der Waals surface area contributed by atoms with Crippen molar-refractivity contribution in [2.24, 2.45) is 11.5 Å². The van der Waals surface area contributed by atoms with Gasteiger partial charge >= 0.3 is 0 Å². The van der Waals surface area contributed by atoms with E-state index in [-0.39, 0.29) is 16.9 Å². The smallest absolute Gasteiger partial charge is 0.245 e. The van der Waals surface area contributed by atoms with E-state index in [1.807, 2.05) is 0 Å². The number of ether oxygens (including phenoxy) is 1. The minimum atomic E-state index is -1.64. The van der Waals surface area contributed by atoms with Gasteiger partial charge in [-0.25, -0.2) is 14.4 Å². The fourth-order valence-corrected chi connectivity index (χ4v) is 2.94. The number of hydrogen-bond donors (Lipinski definition) is 2. The summed E-state index contributed by atoms with van der Waals surface area (Å²) in [5.41, 5.74) is 11.1. The van der Waals surface area contributed by atoms with Crippen LogP contribution in [-0.2, 0) is 10.3 Å². The van der Waals surface area contributed by atoms with E-state index in [1.165, 1.54) is 23.6 Å². The normalized spacial score (nSPS) is 13.6. The Morgan fingerprint density at radius 3 is 2.68 bits per heavy atom. The van der Waals surface area contributed by atoms with Crippen molar-refractivity contribution in [3.05, 3.63) is 54.1 Å². The lowest BCUT2D eigenvalue weighted by molar-refractivity contribution is -0.123. The lowest BCUT2D eigenvalue weighted by Gasteiger charge is -2.20. The molecule has 2 aromatic heterocycles. The molecule has 9 heteroatoms. The number of methoxy groups -OCH3 is 1. The average Bonchev–Trinajstić information content (AvgIpc) is 3.12. The van der Waals surface area contributed by atoms with Crippen LogP contribution >= 0.6 is 0 Å². The van der Waals surface area contributed by atoms with Gasteiger partial charge < -0.3 is 16.2 Å². The summed E-state index contributed by atoms with van der Waals surface area (Å²) in [5, 5.41) is 4.61. The Hall–Kier alpha value is -3.59. The van der Waals surface area contributed by atoms with Crippen LogP contribution in [0.3, 0.4) is 0 Å². The fraction of sp³-hybridized carbons (Fsp3) is 0.158. The standard InChI is InChI=1S/C19H17FN6O2/c1-19(22,17(21)27)18-23-13-8-4-7-12(20)14(13)16-24-15(25-26(16)18)10-5-3-6-11(9-10)28-2/h3-9H,22H2,1-2H3,(H2,21,27)/t19-/m1/s1. The molecule has 8 nitrogen and oxygen atoms in total. The van der Waals surface area contributed by atoms with Crippen LogP contribution in [0.4, 0.5) is 4.39 Å². The van der Waals surface area contributed by atoms with Gasteiger partial charge in [0.25, 0.3) is 0 Å². The minimum Gasteiger partial charge on any atom is -0.497 e. The Labute approximate surface area is 158 Å². The molecular formula is C19H17FN6O2. The molecule has 28 heavy (non-hydrogen) atoms. The summed E-state index contributed by atoms with van der Waals surface area (Å²) in [5.74, 6) is -0.321. The van der Waals surface area contributed by atoms with Crippen LogP contribution in [0.15, 0.2) is 42.5 Å². The number of nitrogens with zero attached hydrogens (tertiary/aromatic N) is 4. The maximum absolute atomic E-state index is 14.6. The first-order chi connectivity index (χ1) is 13.3. The number of aromatic nitrogens is 4. The van der Waals surface area contributed by atoms with Gasteiger partial charge in [0, 0.05) is 5.56 Å².